The Labute approximate surface area is 143 Å². The Morgan fingerprint density at radius 1 is 1.08 bits per heavy atom. The van der Waals surface area contributed by atoms with Crippen LogP contribution < -0.4 is 14.8 Å². The van der Waals surface area contributed by atoms with Crippen LogP contribution in [0.15, 0.2) is 18.2 Å². The summed E-state index contributed by atoms with van der Waals surface area (Å²) in [6, 6.07) is 4.86. The van der Waals surface area contributed by atoms with Gasteiger partial charge in [0.15, 0.2) is 17.6 Å². The fraction of sp³-hybridized carbons (Fsp3) is 0.556. The quantitative estimate of drug-likeness (QED) is 0.701. The van der Waals surface area contributed by atoms with Gasteiger partial charge in [0.25, 0.3) is 5.91 Å². The third-order valence-electron chi connectivity index (χ3n) is 3.06. The number of carbonyl (C=O) groups is 2. The smallest absolute Gasteiger partial charge is 0.339 e. The van der Waals surface area contributed by atoms with Crippen molar-refractivity contribution in [3.05, 3.63) is 23.8 Å². The van der Waals surface area contributed by atoms with E-state index in [4.69, 9.17) is 14.2 Å². The highest BCUT2D eigenvalue weighted by Crippen LogP contribution is 2.29. The number of esters is 1. The monoisotopic (exact) mass is 337 g/mol. The Hall–Kier alpha value is -2.24. The third kappa shape index (κ3) is 6.10. The molecule has 1 aromatic carbocycles. The van der Waals surface area contributed by atoms with Gasteiger partial charge in [-0.15, -0.1) is 0 Å². The van der Waals surface area contributed by atoms with Crippen molar-refractivity contribution in [1.82, 2.24) is 5.32 Å². The number of amides is 1. The van der Waals surface area contributed by atoms with E-state index >= 15 is 0 Å². The van der Waals surface area contributed by atoms with Crippen LogP contribution in [0.4, 0.5) is 0 Å². The van der Waals surface area contributed by atoms with Gasteiger partial charge < -0.3 is 19.5 Å². The van der Waals surface area contributed by atoms with Crippen LogP contribution in [0.3, 0.4) is 0 Å². The van der Waals surface area contributed by atoms with Crippen LogP contribution in [0.1, 0.15) is 45.0 Å². The van der Waals surface area contributed by atoms with Crippen molar-refractivity contribution < 1.29 is 23.8 Å². The van der Waals surface area contributed by atoms with E-state index < -0.39 is 12.1 Å². The van der Waals surface area contributed by atoms with Crippen molar-refractivity contribution in [2.75, 3.05) is 19.8 Å². The molecule has 0 bridgehead atoms. The van der Waals surface area contributed by atoms with E-state index in [1.54, 1.807) is 25.1 Å². The Bertz CT molecular complexity index is 556. The Morgan fingerprint density at radius 2 is 1.79 bits per heavy atom. The summed E-state index contributed by atoms with van der Waals surface area (Å²) >= 11 is 0. The van der Waals surface area contributed by atoms with E-state index in [-0.39, 0.29) is 5.91 Å². The molecule has 0 spiro atoms. The van der Waals surface area contributed by atoms with Gasteiger partial charge in [0.1, 0.15) is 0 Å². The number of carbonyl (C=O) groups excluding carboxylic acids is 2. The largest absolute Gasteiger partial charge is 0.490 e. The zero-order chi connectivity index (χ0) is 18.1. The summed E-state index contributed by atoms with van der Waals surface area (Å²) in [5.74, 6) is 0.539. The Morgan fingerprint density at radius 3 is 2.38 bits per heavy atom. The summed E-state index contributed by atoms with van der Waals surface area (Å²) in [4.78, 5) is 23.8. The Kier molecular flexibility index (Phi) is 8.09. The molecule has 0 heterocycles. The zero-order valence-corrected chi connectivity index (χ0v) is 15.0. The van der Waals surface area contributed by atoms with Gasteiger partial charge in [-0.3, -0.25) is 4.79 Å². The van der Waals surface area contributed by atoms with Crippen molar-refractivity contribution in [3.63, 3.8) is 0 Å². The average Bonchev–Trinajstić information content (AvgIpc) is 2.53. The standard InChI is InChI=1S/C18H27NO5/c1-6-19-17(20)13(5)24-18(21)14-8-9-15(23-11-12(3)4)16(10-14)22-7-2/h8-10,12-13H,6-7,11H2,1-5H3,(H,19,20)/t13-/m1/s1. The number of hydrogen-bond acceptors (Lipinski definition) is 5. The molecule has 1 aromatic rings. The zero-order valence-electron chi connectivity index (χ0n) is 15.0. The molecule has 0 aliphatic rings. The molecule has 134 valence electrons. The molecule has 24 heavy (non-hydrogen) atoms. The molecule has 6 heteroatoms. The summed E-state index contributed by atoms with van der Waals surface area (Å²) in [5, 5.41) is 2.61. The van der Waals surface area contributed by atoms with Crippen LogP contribution in [0.25, 0.3) is 0 Å². The fourth-order valence-corrected chi connectivity index (χ4v) is 1.88. The van der Waals surface area contributed by atoms with Crippen molar-refractivity contribution in [1.29, 1.82) is 0 Å². The lowest BCUT2D eigenvalue weighted by Crippen LogP contribution is -2.35. The molecule has 0 aliphatic heterocycles. The van der Waals surface area contributed by atoms with Crippen LogP contribution in [-0.2, 0) is 9.53 Å². The normalized spacial score (nSPS) is 11.8. The second kappa shape index (κ2) is 9.80. The first-order chi connectivity index (χ1) is 11.4. The number of likely N-dealkylation sites (N-methyl/N-ethyl adjacent to an activating group) is 1. The first kappa shape index (κ1) is 19.8. The number of ether oxygens (including phenoxy) is 3. The molecule has 0 fully saturated rings. The van der Waals surface area contributed by atoms with Gasteiger partial charge in [0, 0.05) is 6.54 Å². The highest BCUT2D eigenvalue weighted by molar-refractivity contribution is 5.92. The van der Waals surface area contributed by atoms with Crippen molar-refractivity contribution in [3.8, 4) is 11.5 Å². The van der Waals surface area contributed by atoms with E-state index in [0.29, 0.717) is 42.7 Å². The SMILES string of the molecule is CCNC(=O)[C@@H](C)OC(=O)c1ccc(OCC(C)C)c(OCC)c1. The van der Waals surface area contributed by atoms with Gasteiger partial charge in [-0.25, -0.2) is 4.79 Å². The predicted molar refractivity (Wildman–Crippen MR) is 91.5 cm³/mol. The van der Waals surface area contributed by atoms with Gasteiger partial charge in [0.05, 0.1) is 18.8 Å². The maximum absolute atomic E-state index is 12.2. The van der Waals surface area contributed by atoms with E-state index in [2.05, 4.69) is 19.2 Å². The van der Waals surface area contributed by atoms with Gasteiger partial charge in [-0.2, -0.15) is 0 Å². The van der Waals surface area contributed by atoms with Crippen LogP contribution in [0.2, 0.25) is 0 Å². The molecule has 1 N–H and O–H groups in total. The minimum atomic E-state index is -0.857. The number of rotatable bonds is 9. The summed E-state index contributed by atoms with van der Waals surface area (Å²) in [5.41, 5.74) is 0.312. The highest BCUT2D eigenvalue weighted by atomic mass is 16.5. The molecule has 1 rings (SSSR count). The molecule has 1 amide bonds. The first-order valence-electron chi connectivity index (χ1n) is 8.27. The van der Waals surface area contributed by atoms with Crippen molar-refractivity contribution >= 4 is 11.9 Å². The van der Waals surface area contributed by atoms with E-state index in [0.717, 1.165) is 0 Å². The molecule has 0 saturated heterocycles. The molecular weight excluding hydrogens is 310 g/mol. The second-order valence-corrected chi connectivity index (χ2v) is 5.74. The molecule has 0 radical (unpaired) electrons. The Balaban J connectivity index is 2.85. The summed E-state index contributed by atoms with van der Waals surface area (Å²) in [6.45, 7) is 10.8. The lowest BCUT2D eigenvalue weighted by Gasteiger charge is -2.16. The molecular formula is C18H27NO5. The van der Waals surface area contributed by atoms with Gasteiger partial charge in [-0.05, 0) is 44.9 Å². The van der Waals surface area contributed by atoms with Crippen LogP contribution in [-0.4, -0.2) is 37.7 Å². The van der Waals surface area contributed by atoms with Crippen LogP contribution in [0, 0.1) is 5.92 Å². The minimum Gasteiger partial charge on any atom is -0.490 e. The number of benzene rings is 1. The molecule has 0 saturated carbocycles. The summed E-state index contributed by atoms with van der Waals surface area (Å²) < 4.78 is 16.4. The number of nitrogens with one attached hydrogen (secondary N) is 1. The molecule has 0 unspecified atom stereocenters. The van der Waals surface area contributed by atoms with Crippen molar-refractivity contribution in [2.24, 2.45) is 5.92 Å². The average molecular weight is 337 g/mol. The topological polar surface area (TPSA) is 73.9 Å². The van der Waals surface area contributed by atoms with Crippen molar-refractivity contribution in [2.45, 2.75) is 40.7 Å². The van der Waals surface area contributed by atoms with Gasteiger partial charge in [-0.1, -0.05) is 13.8 Å². The lowest BCUT2D eigenvalue weighted by molar-refractivity contribution is -0.128. The maximum Gasteiger partial charge on any atom is 0.339 e. The third-order valence-corrected chi connectivity index (χ3v) is 3.06. The number of hydrogen-bond donors (Lipinski definition) is 1. The van der Waals surface area contributed by atoms with E-state index in [1.165, 1.54) is 6.92 Å². The lowest BCUT2D eigenvalue weighted by atomic mass is 10.2. The molecule has 0 aromatic heterocycles. The predicted octanol–water partition coefficient (Wildman–Crippen LogP) is 2.80. The molecule has 0 aliphatic carbocycles. The summed E-state index contributed by atoms with van der Waals surface area (Å²) in [6.07, 6.45) is -0.857. The summed E-state index contributed by atoms with van der Waals surface area (Å²) in [7, 11) is 0. The van der Waals surface area contributed by atoms with Crippen LogP contribution in [0.5, 0.6) is 11.5 Å². The van der Waals surface area contributed by atoms with E-state index in [1.807, 2.05) is 6.92 Å². The van der Waals surface area contributed by atoms with E-state index in [9.17, 15) is 9.59 Å². The second-order valence-electron chi connectivity index (χ2n) is 5.74. The highest BCUT2D eigenvalue weighted by Gasteiger charge is 2.19. The van der Waals surface area contributed by atoms with Gasteiger partial charge in [0.2, 0.25) is 0 Å². The first-order valence-corrected chi connectivity index (χ1v) is 8.27. The molecule has 1 atom stereocenters. The van der Waals surface area contributed by atoms with Crippen LogP contribution >= 0.6 is 0 Å². The van der Waals surface area contributed by atoms with Gasteiger partial charge >= 0.3 is 5.97 Å². The maximum atomic E-state index is 12.2. The minimum absolute atomic E-state index is 0.312. The fourth-order valence-electron chi connectivity index (χ4n) is 1.88. The molecule has 6 nitrogen and oxygen atoms in total.